The van der Waals surface area contributed by atoms with Crippen molar-refractivity contribution in [1.29, 1.82) is 0 Å². The van der Waals surface area contributed by atoms with Crippen molar-refractivity contribution in [1.82, 2.24) is 0 Å². The van der Waals surface area contributed by atoms with Gasteiger partial charge in [-0.2, -0.15) is 0 Å². The van der Waals surface area contributed by atoms with Gasteiger partial charge < -0.3 is 14.8 Å². The van der Waals surface area contributed by atoms with E-state index in [9.17, 15) is 4.79 Å². The minimum atomic E-state index is -0.456. The molecule has 0 amide bonds. The number of cyclic esters (lactones) is 1. The number of rotatable bonds is 4. The fraction of sp³-hybridized carbons (Fsp3) is 0.235. The second kappa shape index (κ2) is 5.48. The Bertz CT molecular complexity index is 667. The molecule has 0 fully saturated rings. The summed E-state index contributed by atoms with van der Waals surface area (Å²) in [6.07, 6.45) is -0.340. The van der Waals surface area contributed by atoms with Crippen molar-refractivity contribution in [2.24, 2.45) is 0 Å². The third-order valence-corrected chi connectivity index (χ3v) is 3.19. The van der Waals surface area contributed by atoms with Crippen LogP contribution in [0.4, 0.5) is 5.69 Å². The van der Waals surface area contributed by atoms with Crippen molar-refractivity contribution in [3.8, 4) is 5.75 Å². The van der Waals surface area contributed by atoms with Gasteiger partial charge in [0.15, 0.2) is 0 Å². The Balaban J connectivity index is 1.80. The maximum atomic E-state index is 11.8. The van der Waals surface area contributed by atoms with E-state index in [1.54, 1.807) is 6.07 Å². The van der Waals surface area contributed by atoms with E-state index in [1.807, 2.05) is 56.3 Å². The van der Waals surface area contributed by atoms with Gasteiger partial charge in [0.05, 0.1) is 11.7 Å². The number of fused-ring (bicyclic) bond motifs is 1. The van der Waals surface area contributed by atoms with Crippen LogP contribution in [0.15, 0.2) is 48.5 Å². The summed E-state index contributed by atoms with van der Waals surface area (Å²) in [5, 5.41) is 3.22. The summed E-state index contributed by atoms with van der Waals surface area (Å²) in [5.74, 6) is 0.491. The van der Waals surface area contributed by atoms with E-state index in [1.165, 1.54) is 0 Å². The molecule has 4 nitrogen and oxygen atoms in total. The van der Waals surface area contributed by atoms with Crippen molar-refractivity contribution in [2.75, 3.05) is 5.32 Å². The summed E-state index contributed by atoms with van der Waals surface area (Å²) in [6.45, 7) is 3.96. The third-order valence-electron chi connectivity index (χ3n) is 3.19. The molecular weight excluding hydrogens is 266 g/mol. The monoisotopic (exact) mass is 283 g/mol. The Morgan fingerprint density at radius 2 is 1.95 bits per heavy atom. The number of ether oxygens (including phenoxy) is 2. The summed E-state index contributed by atoms with van der Waals surface area (Å²) >= 11 is 0. The molecule has 0 saturated heterocycles. The molecule has 1 heterocycles. The number of benzene rings is 2. The Kier molecular flexibility index (Phi) is 3.52. The second-order valence-electron chi connectivity index (χ2n) is 5.21. The molecule has 21 heavy (non-hydrogen) atoms. The van der Waals surface area contributed by atoms with Crippen molar-refractivity contribution in [3.05, 3.63) is 59.7 Å². The van der Waals surface area contributed by atoms with E-state index in [4.69, 9.17) is 9.47 Å². The van der Waals surface area contributed by atoms with E-state index >= 15 is 0 Å². The van der Waals surface area contributed by atoms with Gasteiger partial charge in [-0.1, -0.05) is 24.3 Å². The largest absolute Gasteiger partial charge is 0.491 e. The summed E-state index contributed by atoms with van der Waals surface area (Å²) in [7, 11) is 0. The number of hydrogen-bond acceptors (Lipinski definition) is 4. The summed E-state index contributed by atoms with van der Waals surface area (Å²) in [4.78, 5) is 11.8. The smallest absolute Gasteiger partial charge is 0.340 e. The molecule has 3 rings (SSSR count). The number of esters is 1. The fourth-order valence-corrected chi connectivity index (χ4v) is 2.34. The van der Waals surface area contributed by atoms with Gasteiger partial charge in [-0.3, -0.25) is 0 Å². The van der Waals surface area contributed by atoms with Gasteiger partial charge in [0.2, 0.25) is 6.23 Å². The van der Waals surface area contributed by atoms with Crippen molar-refractivity contribution in [2.45, 2.75) is 26.2 Å². The Morgan fingerprint density at radius 1 is 1.14 bits per heavy atom. The Labute approximate surface area is 123 Å². The lowest BCUT2D eigenvalue weighted by atomic mass is 10.1. The topological polar surface area (TPSA) is 47.6 Å². The van der Waals surface area contributed by atoms with Gasteiger partial charge in [-0.15, -0.1) is 0 Å². The van der Waals surface area contributed by atoms with Crippen LogP contribution in [0.25, 0.3) is 0 Å². The highest BCUT2D eigenvalue weighted by Crippen LogP contribution is 2.32. The van der Waals surface area contributed by atoms with Gasteiger partial charge in [-0.25, -0.2) is 4.79 Å². The highest BCUT2D eigenvalue weighted by molar-refractivity contribution is 5.94. The summed E-state index contributed by atoms with van der Waals surface area (Å²) < 4.78 is 11.0. The number of anilines is 1. The SMILES string of the molecule is CC(C)Oc1cccc(NC2OC(=O)c3ccccc32)c1. The molecule has 108 valence electrons. The molecular formula is C17H17NO3. The van der Waals surface area contributed by atoms with Gasteiger partial charge >= 0.3 is 5.97 Å². The van der Waals surface area contributed by atoms with Crippen LogP contribution in [0, 0.1) is 0 Å². The highest BCUT2D eigenvalue weighted by Gasteiger charge is 2.30. The molecule has 1 unspecified atom stereocenters. The molecule has 2 aromatic rings. The lowest BCUT2D eigenvalue weighted by Crippen LogP contribution is -2.11. The predicted molar refractivity (Wildman–Crippen MR) is 80.4 cm³/mol. The first-order valence-corrected chi connectivity index (χ1v) is 6.96. The van der Waals surface area contributed by atoms with E-state index < -0.39 is 6.23 Å². The molecule has 1 atom stereocenters. The van der Waals surface area contributed by atoms with Crippen molar-refractivity contribution in [3.63, 3.8) is 0 Å². The molecule has 1 N–H and O–H groups in total. The minimum Gasteiger partial charge on any atom is -0.491 e. The molecule has 1 aliphatic heterocycles. The van der Waals surface area contributed by atoms with Crippen LogP contribution in [0.1, 0.15) is 36.0 Å². The van der Waals surface area contributed by atoms with E-state index in [0.29, 0.717) is 5.56 Å². The fourth-order valence-electron chi connectivity index (χ4n) is 2.34. The zero-order valence-electron chi connectivity index (χ0n) is 12.0. The lowest BCUT2D eigenvalue weighted by molar-refractivity contribution is 0.0437. The molecule has 0 saturated carbocycles. The first-order valence-electron chi connectivity index (χ1n) is 6.96. The van der Waals surface area contributed by atoms with Gasteiger partial charge in [-0.05, 0) is 32.0 Å². The van der Waals surface area contributed by atoms with E-state index in [0.717, 1.165) is 17.0 Å². The summed E-state index contributed by atoms with van der Waals surface area (Å²) in [6, 6.07) is 15.0. The molecule has 2 aromatic carbocycles. The number of hydrogen-bond donors (Lipinski definition) is 1. The second-order valence-corrected chi connectivity index (χ2v) is 5.21. The zero-order valence-corrected chi connectivity index (χ0v) is 12.0. The maximum absolute atomic E-state index is 11.8. The summed E-state index contributed by atoms with van der Waals surface area (Å²) in [5.41, 5.74) is 2.32. The molecule has 0 radical (unpaired) electrons. The molecule has 0 aromatic heterocycles. The van der Waals surface area contributed by atoms with Crippen LogP contribution in [0.2, 0.25) is 0 Å². The van der Waals surface area contributed by atoms with Crippen molar-refractivity contribution >= 4 is 11.7 Å². The van der Waals surface area contributed by atoms with Crippen LogP contribution < -0.4 is 10.1 Å². The van der Waals surface area contributed by atoms with E-state index in [-0.39, 0.29) is 12.1 Å². The maximum Gasteiger partial charge on any atom is 0.340 e. The number of carbonyl (C=O) groups is 1. The average Bonchev–Trinajstić information content (AvgIpc) is 2.76. The van der Waals surface area contributed by atoms with Gasteiger partial charge in [0.25, 0.3) is 0 Å². The van der Waals surface area contributed by atoms with E-state index in [2.05, 4.69) is 5.32 Å². The van der Waals surface area contributed by atoms with Crippen LogP contribution in [0.5, 0.6) is 5.75 Å². The highest BCUT2D eigenvalue weighted by atomic mass is 16.6. The number of carbonyl (C=O) groups excluding carboxylic acids is 1. The molecule has 1 aliphatic rings. The molecule has 0 aliphatic carbocycles. The molecule has 4 heteroatoms. The van der Waals surface area contributed by atoms with Crippen LogP contribution in [-0.2, 0) is 4.74 Å². The van der Waals surface area contributed by atoms with Gasteiger partial charge in [0, 0.05) is 17.3 Å². The lowest BCUT2D eigenvalue weighted by Gasteiger charge is -2.16. The Hall–Kier alpha value is -2.49. The van der Waals surface area contributed by atoms with Crippen molar-refractivity contribution < 1.29 is 14.3 Å². The Morgan fingerprint density at radius 3 is 2.76 bits per heavy atom. The molecule has 0 bridgehead atoms. The normalized spacial score (nSPS) is 16.5. The minimum absolute atomic E-state index is 0.116. The zero-order chi connectivity index (χ0) is 14.8. The first-order chi connectivity index (χ1) is 10.1. The number of nitrogens with one attached hydrogen (secondary N) is 1. The quantitative estimate of drug-likeness (QED) is 0.868. The predicted octanol–water partition coefficient (Wildman–Crippen LogP) is 3.75. The average molecular weight is 283 g/mol. The first kappa shape index (κ1) is 13.5. The van der Waals surface area contributed by atoms with Crippen LogP contribution >= 0.6 is 0 Å². The van der Waals surface area contributed by atoms with Gasteiger partial charge in [0.1, 0.15) is 5.75 Å². The van der Waals surface area contributed by atoms with Crippen LogP contribution in [0.3, 0.4) is 0 Å². The third kappa shape index (κ3) is 2.84. The standard InChI is InChI=1S/C17H17NO3/c1-11(2)20-13-7-5-6-12(10-13)18-16-14-8-3-4-9-15(14)17(19)21-16/h3-11,16,18H,1-2H3. The molecule has 0 spiro atoms. The van der Waals surface area contributed by atoms with Crippen LogP contribution in [-0.4, -0.2) is 12.1 Å².